The first-order valence-electron chi connectivity index (χ1n) is 13.7. The van der Waals surface area contributed by atoms with E-state index in [1.165, 1.54) is 48.5 Å². The van der Waals surface area contributed by atoms with Crippen LogP contribution < -0.4 is 11.1 Å². The van der Waals surface area contributed by atoms with E-state index in [2.05, 4.69) is 10.3 Å². The molecule has 0 saturated heterocycles. The number of thiazole rings is 1. The molecule has 0 radical (unpaired) electrons. The molecule has 4 atom stereocenters. The van der Waals surface area contributed by atoms with Crippen LogP contribution in [0.15, 0.2) is 58.7 Å². The van der Waals surface area contributed by atoms with Crippen LogP contribution in [0.3, 0.4) is 0 Å². The standard InChI is InChI=1S/C30H27N5O9S/c1-34(2)23-16-10-13-9-15-17(32-29-33-18(11-45-29)12-4-3-5-14(8-12)35(43)44)6-7-19(36)21(15)24(37)20(13)26(39)30(16,42)27(40)22(25(23)38)28(31)41/h3-8,11,13,16,23,36-37,40,42H,9-10H2,1-2H3,(H2,31,41)(H,32,33)/t13?,16?,23-,30-/m0/s1. The Bertz CT molecular complexity index is 1900. The van der Waals surface area contributed by atoms with Gasteiger partial charge in [0.25, 0.3) is 11.6 Å². The maximum absolute atomic E-state index is 14.0. The molecule has 2 aromatic carbocycles. The quantitative estimate of drug-likeness (QED) is 0.0996. The van der Waals surface area contributed by atoms with E-state index in [0.29, 0.717) is 27.6 Å². The van der Waals surface area contributed by atoms with Gasteiger partial charge < -0.3 is 31.5 Å². The molecule has 14 nitrogen and oxygen atoms in total. The van der Waals surface area contributed by atoms with Gasteiger partial charge >= 0.3 is 0 Å². The summed E-state index contributed by atoms with van der Waals surface area (Å²) in [6.07, 6.45) is 0.0451. The number of benzene rings is 2. The molecular weight excluding hydrogens is 606 g/mol. The summed E-state index contributed by atoms with van der Waals surface area (Å²) in [6.45, 7) is 0. The topological polar surface area (TPSA) is 229 Å². The first-order valence-corrected chi connectivity index (χ1v) is 14.6. The zero-order chi connectivity index (χ0) is 32.5. The molecule has 3 aliphatic carbocycles. The number of phenols is 1. The number of rotatable bonds is 6. The number of aromatic nitrogens is 1. The number of nitro groups is 1. The summed E-state index contributed by atoms with van der Waals surface area (Å²) in [5.74, 6) is -7.27. The number of nitrogens with two attached hydrogens (primary N) is 1. The minimum atomic E-state index is -2.72. The Labute approximate surface area is 258 Å². The Balaban J connectivity index is 1.42. The Morgan fingerprint density at radius 2 is 1.93 bits per heavy atom. The molecule has 1 heterocycles. The van der Waals surface area contributed by atoms with Gasteiger partial charge in [-0.15, -0.1) is 11.3 Å². The molecule has 3 aromatic rings. The zero-order valence-electron chi connectivity index (χ0n) is 23.8. The molecule has 0 bridgehead atoms. The highest BCUT2D eigenvalue weighted by atomic mass is 32.1. The number of nitrogens with zero attached hydrogens (tertiary/aromatic N) is 3. The summed E-state index contributed by atoms with van der Waals surface area (Å²) in [7, 11) is 3.06. The smallest absolute Gasteiger partial charge is 0.270 e. The van der Waals surface area contributed by atoms with E-state index in [-0.39, 0.29) is 35.4 Å². The van der Waals surface area contributed by atoms with Crippen LogP contribution in [0.5, 0.6) is 5.75 Å². The first-order chi connectivity index (χ1) is 21.2. The molecule has 1 amide bonds. The number of aromatic hydroxyl groups is 1. The Hall–Kier alpha value is -5.12. The van der Waals surface area contributed by atoms with Crippen molar-refractivity contribution in [2.75, 3.05) is 19.4 Å². The molecular formula is C30H27N5O9S. The number of aliphatic hydroxyl groups is 3. The maximum atomic E-state index is 14.0. The summed E-state index contributed by atoms with van der Waals surface area (Å²) >= 11 is 1.22. The lowest BCUT2D eigenvalue weighted by molar-refractivity contribution is -0.384. The van der Waals surface area contributed by atoms with E-state index in [4.69, 9.17) is 5.73 Å². The highest BCUT2D eigenvalue weighted by Gasteiger charge is 2.64. The number of nitro benzene ring substituents is 1. The van der Waals surface area contributed by atoms with Crippen LogP contribution in [-0.2, 0) is 20.8 Å². The van der Waals surface area contributed by atoms with Gasteiger partial charge in [-0.05, 0) is 50.6 Å². The average molecular weight is 634 g/mol. The lowest BCUT2D eigenvalue weighted by atomic mass is 9.57. The number of carbonyl (C=O) groups is 3. The van der Waals surface area contributed by atoms with Gasteiger partial charge in [0.1, 0.15) is 22.8 Å². The molecule has 2 unspecified atom stereocenters. The number of likely N-dealkylation sites (N-methyl/N-ethyl adjacent to an activating group) is 1. The monoisotopic (exact) mass is 633 g/mol. The van der Waals surface area contributed by atoms with Gasteiger partial charge in [0.05, 0.1) is 22.2 Å². The number of nitrogens with one attached hydrogen (secondary N) is 1. The van der Waals surface area contributed by atoms with E-state index in [1.54, 1.807) is 23.6 Å². The second-order valence-electron chi connectivity index (χ2n) is 11.4. The molecule has 1 aromatic heterocycles. The highest BCUT2D eigenvalue weighted by molar-refractivity contribution is 7.14. The lowest BCUT2D eigenvalue weighted by Gasteiger charge is -2.50. The number of anilines is 2. The van der Waals surface area contributed by atoms with Gasteiger partial charge in [0, 0.05) is 40.3 Å². The number of phenolic OH excluding ortho intramolecular Hbond substituents is 1. The van der Waals surface area contributed by atoms with E-state index >= 15 is 0 Å². The van der Waals surface area contributed by atoms with Crippen molar-refractivity contribution in [1.29, 1.82) is 0 Å². The van der Waals surface area contributed by atoms with Gasteiger partial charge in [-0.3, -0.25) is 29.4 Å². The van der Waals surface area contributed by atoms with Crippen LogP contribution in [0, 0.1) is 22.0 Å². The van der Waals surface area contributed by atoms with Gasteiger partial charge in [-0.25, -0.2) is 4.98 Å². The number of primary amides is 1. The average Bonchev–Trinajstić information content (AvgIpc) is 3.45. The third-order valence-electron chi connectivity index (χ3n) is 8.70. The van der Waals surface area contributed by atoms with Crippen LogP contribution in [0.25, 0.3) is 17.0 Å². The number of hydrogen-bond acceptors (Lipinski definition) is 13. The number of amides is 1. The van der Waals surface area contributed by atoms with Crippen molar-refractivity contribution in [3.8, 4) is 17.0 Å². The fourth-order valence-corrected chi connectivity index (χ4v) is 7.45. The molecule has 1 saturated carbocycles. The van der Waals surface area contributed by atoms with Crippen molar-refractivity contribution < 1.29 is 39.7 Å². The Morgan fingerprint density at radius 1 is 1.20 bits per heavy atom. The van der Waals surface area contributed by atoms with Crippen LogP contribution in [0.1, 0.15) is 17.5 Å². The van der Waals surface area contributed by atoms with Crippen molar-refractivity contribution in [3.05, 3.63) is 79.9 Å². The summed E-state index contributed by atoms with van der Waals surface area (Å²) in [4.78, 5) is 56.1. The van der Waals surface area contributed by atoms with Gasteiger partial charge in [0.2, 0.25) is 5.78 Å². The van der Waals surface area contributed by atoms with Crippen LogP contribution >= 0.6 is 11.3 Å². The summed E-state index contributed by atoms with van der Waals surface area (Å²) in [5.41, 5.74) is 3.27. The zero-order valence-corrected chi connectivity index (χ0v) is 24.7. The minimum Gasteiger partial charge on any atom is -0.508 e. The van der Waals surface area contributed by atoms with E-state index in [0.717, 1.165) is 0 Å². The lowest BCUT2D eigenvalue weighted by Crippen LogP contribution is -2.65. The number of hydrogen-bond donors (Lipinski definition) is 6. The number of ketones is 2. The van der Waals surface area contributed by atoms with Crippen molar-refractivity contribution >= 4 is 51.1 Å². The molecule has 232 valence electrons. The van der Waals surface area contributed by atoms with Crippen LogP contribution in [0.4, 0.5) is 16.5 Å². The number of carbonyl (C=O) groups excluding carboxylic acids is 3. The van der Waals surface area contributed by atoms with E-state index in [9.17, 15) is 44.9 Å². The number of aliphatic hydroxyl groups excluding tert-OH is 2. The van der Waals surface area contributed by atoms with Crippen molar-refractivity contribution in [2.45, 2.75) is 24.5 Å². The second-order valence-corrected chi connectivity index (χ2v) is 12.3. The molecule has 7 N–H and O–H groups in total. The minimum absolute atomic E-state index is 0.0466. The second kappa shape index (κ2) is 10.5. The Kier molecular flexibility index (Phi) is 6.99. The summed E-state index contributed by atoms with van der Waals surface area (Å²) < 4.78 is 0. The maximum Gasteiger partial charge on any atom is 0.270 e. The van der Waals surface area contributed by atoms with Crippen LogP contribution in [-0.4, -0.2) is 78.4 Å². The number of Topliss-reactive ketones (excluding diaryl/α,β-unsaturated/α-hetero) is 2. The van der Waals surface area contributed by atoms with Gasteiger partial charge in [-0.1, -0.05) is 12.1 Å². The summed E-state index contributed by atoms with van der Waals surface area (Å²) in [6, 6.07) is 7.72. The number of fused-ring (bicyclic) bond motifs is 3. The molecule has 0 spiro atoms. The van der Waals surface area contributed by atoms with Gasteiger partial charge in [-0.2, -0.15) is 0 Å². The van der Waals surface area contributed by atoms with E-state index < -0.39 is 63.0 Å². The third-order valence-corrected chi connectivity index (χ3v) is 9.46. The largest absolute Gasteiger partial charge is 0.508 e. The highest BCUT2D eigenvalue weighted by Crippen LogP contribution is 2.53. The predicted octanol–water partition coefficient (Wildman–Crippen LogP) is 2.74. The van der Waals surface area contributed by atoms with Crippen molar-refractivity contribution in [3.63, 3.8) is 0 Å². The SMILES string of the molecule is CN(C)[C@@H]1C(=O)C(C(N)=O)=C(O)[C@@]2(O)C(=O)C3=C(O)c4c(O)ccc(Nc5nc(-c6cccc([N+](=O)[O-])c6)cs5)c4CC3CC12. The van der Waals surface area contributed by atoms with E-state index in [1.807, 2.05) is 0 Å². The molecule has 6 rings (SSSR count). The fraction of sp³-hybridized carbons (Fsp3) is 0.267. The molecule has 45 heavy (non-hydrogen) atoms. The predicted molar refractivity (Wildman–Crippen MR) is 162 cm³/mol. The number of non-ortho nitro benzene ring substituents is 1. The fourth-order valence-electron chi connectivity index (χ4n) is 6.72. The Morgan fingerprint density at radius 3 is 2.60 bits per heavy atom. The molecule has 1 fully saturated rings. The van der Waals surface area contributed by atoms with Gasteiger partial charge in [0.15, 0.2) is 16.5 Å². The van der Waals surface area contributed by atoms with Crippen LogP contribution in [0.2, 0.25) is 0 Å². The first kappa shape index (κ1) is 29.9. The molecule has 3 aliphatic rings. The third kappa shape index (κ3) is 4.46. The molecule has 0 aliphatic heterocycles. The summed E-state index contributed by atoms with van der Waals surface area (Å²) in [5, 5.41) is 61.4. The van der Waals surface area contributed by atoms with Crippen molar-refractivity contribution in [1.82, 2.24) is 9.88 Å². The normalized spacial score (nSPS) is 24.3. The molecule has 15 heteroatoms. The van der Waals surface area contributed by atoms with Crippen molar-refractivity contribution in [2.24, 2.45) is 17.6 Å².